The number of rotatable bonds is 5. The van der Waals surface area contributed by atoms with Gasteiger partial charge < -0.3 is 10.1 Å². The van der Waals surface area contributed by atoms with Crippen molar-refractivity contribution in [1.29, 1.82) is 0 Å². The molecule has 1 aliphatic heterocycles. The number of nitrogens with zero attached hydrogens (tertiary/aromatic N) is 1. The van der Waals surface area contributed by atoms with Crippen LogP contribution < -0.4 is 5.32 Å². The number of likely N-dealkylation sites (tertiary alicyclic amines) is 1. The van der Waals surface area contributed by atoms with Crippen LogP contribution in [0.1, 0.15) is 38.2 Å². The van der Waals surface area contributed by atoms with E-state index < -0.39 is 24.5 Å². The third-order valence-corrected chi connectivity index (χ3v) is 5.25. The minimum Gasteiger partial charge on any atom is -0.454 e. The smallest absolute Gasteiger partial charge is 0.329 e. The van der Waals surface area contributed by atoms with E-state index in [0.717, 1.165) is 23.3 Å². The second-order valence-electron chi connectivity index (χ2n) is 7.25. The Morgan fingerprint density at radius 3 is 2.41 bits per heavy atom. The van der Waals surface area contributed by atoms with Crippen molar-refractivity contribution in [3.8, 4) is 0 Å². The van der Waals surface area contributed by atoms with Crippen molar-refractivity contribution in [2.24, 2.45) is 11.8 Å². The molecule has 144 valence electrons. The predicted octanol–water partition coefficient (Wildman–Crippen LogP) is 2.04. The van der Waals surface area contributed by atoms with Crippen molar-refractivity contribution < 1.29 is 23.9 Å². The van der Waals surface area contributed by atoms with Gasteiger partial charge >= 0.3 is 5.97 Å². The van der Waals surface area contributed by atoms with E-state index in [2.05, 4.69) is 5.32 Å². The molecule has 2 aliphatic rings. The van der Waals surface area contributed by atoms with Gasteiger partial charge in [0.05, 0.1) is 11.8 Å². The number of fused-ring (bicyclic) bond motifs is 1. The number of amides is 3. The molecule has 7 heteroatoms. The molecule has 3 rings (SSSR count). The lowest BCUT2D eigenvalue weighted by molar-refractivity contribution is -0.159. The van der Waals surface area contributed by atoms with Gasteiger partial charge in [0.25, 0.3) is 5.91 Å². The molecule has 3 amide bonds. The average molecular weight is 372 g/mol. The summed E-state index contributed by atoms with van der Waals surface area (Å²) in [5, 5.41) is 2.64. The van der Waals surface area contributed by atoms with E-state index in [-0.39, 0.29) is 23.7 Å². The van der Waals surface area contributed by atoms with Crippen molar-refractivity contribution in [3.63, 3.8) is 0 Å². The summed E-state index contributed by atoms with van der Waals surface area (Å²) in [7, 11) is 0. The van der Waals surface area contributed by atoms with Crippen LogP contribution in [0.15, 0.2) is 24.3 Å². The van der Waals surface area contributed by atoms with E-state index in [1.165, 1.54) is 6.92 Å². The Morgan fingerprint density at radius 1 is 1.19 bits per heavy atom. The first kappa shape index (κ1) is 19.1. The lowest BCUT2D eigenvalue weighted by atomic mass is 9.81. The summed E-state index contributed by atoms with van der Waals surface area (Å²) in [4.78, 5) is 50.3. The van der Waals surface area contributed by atoms with Crippen LogP contribution in [0.5, 0.6) is 0 Å². The number of ether oxygens (including phenoxy) is 1. The number of hydrogen-bond acceptors (Lipinski definition) is 5. The van der Waals surface area contributed by atoms with Gasteiger partial charge in [0.15, 0.2) is 6.61 Å². The molecule has 0 aromatic heterocycles. The summed E-state index contributed by atoms with van der Waals surface area (Å²) in [6.45, 7) is 2.90. The zero-order valence-corrected chi connectivity index (χ0v) is 15.6. The highest BCUT2D eigenvalue weighted by Crippen LogP contribution is 2.38. The molecular formula is C20H24N2O5. The van der Waals surface area contributed by atoms with E-state index in [9.17, 15) is 19.2 Å². The zero-order chi connectivity index (χ0) is 19.6. The maximum Gasteiger partial charge on any atom is 0.329 e. The SMILES string of the molecule is Cc1cccc(NC(=O)COC(=O)[C@H](C)N2C(=O)[C@H]3CCCC[C@H]3C2=O)c1. The molecule has 3 atom stereocenters. The number of hydrogen-bond donors (Lipinski definition) is 1. The molecular weight excluding hydrogens is 348 g/mol. The predicted molar refractivity (Wildman–Crippen MR) is 97.5 cm³/mol. The first-order chi connectivity index (χ1) is 12.9. The van der Waals surface area contributed by atoms with Gasteiger partial charge in [-0.15, -0.1) is 0 Å². The Labute approximate surface area is 158 Å². The van der Waals surface area contributed by atoms with Gasteiger partial charge in [0.1, 0.15) is 6.04 Å². The van der Waals surface area contributed by atoms with Crippen LogP contribution in [0.3, 0.4) is 0 Å². The second-order valence-corrected chi connectivity index (χ2v) is 7.25. The van der Waals surface area contributed by atoms with Crippen LogP contribution in [0.2, 0.25) is 0 Å². The summed E-state index contributed by atoms with van der Waals surface area (Å²) >= 11 is 0. The third-order valence-electron chi connectivity index (χ3n) is 5.25. The number of imide groups is 1. The number of esters is 1. The van der Waals surface area contributed by atoms with E-state index in [1.807, 2.05) is 19.1 Å². The molecule has 1 heterocycles. The Kier molecular flexibility index (Phi) is 5.58. The monoisotopic (exact) mass is 372 g/mol. The first-order valence-electron chi connectivity index (χ1n) is 9.28. The van der Waals surface area contributed by atoms with Gasteiger partial charge in [0.2, 0.25) is 11.8 Å². The Morgan fingerprint density at radius 2 is 1.81 bits per heavy atom. The van der Waals surface area contributed by atoms with Crippen LogP contribution in [-0.2, 0) is 23.9 Å². The second kappa shape index (κ2) is 7.90. The van der Waals surface area contributed by atoms with Crippen LogP contribution >= 0.6 is 0 Å². The van der Waals surface area contributed by atoms with Crippen LogP contribution in [-0.4, -0.2) is 41.2 Å². The van der Waals surface area contributed by atoms with E-state index >= 15 is 0 Å². The average Bonchev–Trinajstić information content (AvgIpc) is 2.90. The molecule has 1 saturated carbocycles. The van der Waals surface area contributed by atoms with E-state index in [0.29, 0.717) is 18.5 Å². The van der Waals surface area contributed by atoms with Gasteiger partial charge in [-0.05, 0) is 44.4 Å². The number of aryl methyl sites for hydroxylation is 1. The van der Waals surface area contributed by atoms with Crippen molar-refractivity contribution in [1.82, 2.24) is 4.90 Å². The fourth-order valence-electron chi connectivity index (χ4n) is 3.85. The lowest BCUT2D eigenvalue weighted by Crippen LogP contribution is -2.45. The Hall–Kier alpha value is -2.70. The van der Waals surface area contributed by atoms with Crippen LogP contribution in [0, 0.1) is 18.8 Å². The summed E-state index contributed by atoms with van der Waals surface area (Å²) in [5.41, 5.74) is 1.60. The quantitative estimate of drug-likeness (QED) is 0.631. The largest absolute Gasteiger partial charge is 0.454 e. The standard InChI is InChI=1S/C20H24N2O5/c1-12-6-5-7-14(10-12)21-17(23)11-27-20(26)13(2)22-18(24)15-8-3-4-9-16(15)19(22)25/h5-7,10,13,15-16H,3-4,8-9,11H2,1-2H3,(H,21,23)/t13-,15-,16+/m0/s1. The highest BCUT2D eigenvalue weighted by atomic mass is 16.5. The van der Waals surface area contributed by atoms with Gasteiger partial charge in [-0.3, -0.25) is 19.3 Å². The summed E-state index contributed by atoms with van der Waals surface area (Å²) in [6.07, 6.45) is 3.22. The van der Waals surface area contributed by atoms with Gasteiger partial charge in [-0.1, -0.05) is 25.0 Å². The van der Waals surface area contributed by atoms with Crippen LogP contribution in [0.4, 0.5) is 5.69 Å². The number of carbonyl (C=O) groups excluding carboxylic acids is 4. The molecule has 1 N–H and O–H groups in total. The van der Waals surface area contributed by atoms with Gasteiger partial charge in [0, 0.05) is 5.69 Å². The van der Waals surface area contributed by atoms with Crippen molar-refractivity contribution >= 4 is 29.4 Å². The van der Waals surface area contributed by atoms with Crippen molar-refractivity contribution in [2.75, 3.05) is 11.9 Å². The highest BCUT2D eigenvalue weighted by molar-refractivity contribution is 6.08. The van der Waals surface area contributed by atoms with Crippen molar-refractivity contribution in [2.45, 2.75) is 45.6 Å². The molecule has 0 spiro atoms. The Balaban J connectivity index is 1.55. The molecule has 1 saturated heterocycles. The summed E-state index contributed by atoms with van der Waals surface area (Å²) in [5.74, 6) is -2.45. The van der Waals surface area contributed by atoms with E-state index in [1.54, 1.807) is 12.1 Å². The lowest BCUT2D eigenvalue weighted by Gasteiger charge is -2.21. The van der Waals surface area contributed by atoms with Gasteiger partial charge in [-0.25, -0.2) is 4.79 Å². The molecule has 0 unspecified atom stereocenters. The molecule has 0 bridgehead atoms. The van der Waals surface area contributed by atoms with Crippen LogP contribution in [0.25, 0.3) is 0 Å². The van der Waals surface area contributed by atoms with Crippen molar-refractivity contribution in [3.05, 3.63) is 29.8 Å². The molecule has 2 fully saturated rings. The fourth-order valence-corrected chi connectivity index (χ4v) is 3.85. The topological polar surface area (TPSA) is 92.8 Å². The zero-order valence-electron chi connectivity index (χ0n) is 15.6. The number of nitrogens with one attached hydrogen (secondary N) is 1. The minimum absolute atomic E-state index is 0.293. The molecule has 1 aromatic carbocycles. The number of anilines is 1. The molecule has 1 aliphatic carbocycles. The Bertz CT molecular complexity index is 751. The normalized spacial score (nSPS) is 23.0. The maximum atomic E-state index is 12.5. The van der Waals surface area contributed by atoms with Gasteiger partial charge in [-0.2, -0.15) is 0 Å². The molecule has 27 heavy (non-hydrogen) atoms. The number of benzene rings is 1. The third kappa shape index (κ3) is 4.02. The summed E-state index contributed by atoms with van der Waals surface area (Å²) in [6, 6.07) is 6.22. The molecule has 0 radical (unpaired) electrons. The molecule has 1 aromatic rings. The minimum atomic E-state index is -1.03. The number of carbonyl (C=O) groups is 4. The maximum absolute atomic E-state index is 12.5. The fraction of sp³-hybridized carbons (Fsp3) is 0.500. The van der Waals surface area contributed by atoms with E-state index in [4.69, 9.17) is 4.74 Å². The molecule has 7 nitrogen and oxygen atoms in total. The summed E-state index contributed by atoms with van der Waals surface area (Å²) < 4.78 is 5.03. The highest BCUT2D eigenvalue weighted by Gasteiger charge is 2.51. The first-order valence-corrected chi connectivity index (χ1v) is 9.28.